The van der Waals surface area contributed by atoms with E-state index in [1.165, 1.54) is 0 Å². The number of hydrogen-bond acceptors (Lipinski definition) is 3. The summed E-state index contributed by atoms with van der Waals surface area (Å²) in [6.45, 7) is 3.79. The van der Waals surface area contributed by atoms with Gasteiger partial charge in [0.1, 0.15) is 0 Å². The van der Waals surface area contributed by atoms with Crippen LogP contribution in [0.1, 0.15) is 38.3 Å². The summed E-state index contributed by atoms with van der Waals surface area (Å²) in [6.07, 6.45) is 1.10. The zero-order valence-electron chi connectivity index (χ0n) is 12.8. The Morgan fingerprint density at radius 3 is 2.27 bits per heavy atom. The van der Waals surface area contributed by atoms with Crippen molar-refractivity contribution in [3.05, 3.63) is 35.9 Å². The van der Waals surface area contributed by atoms with Crippen LogP contribution in [-0.4, -0.2) is 29.4 Å². The fraction of sp³-hybridized carbons (Fsp3) is 0.438. The topological polar surface area (TPSA) is 95.5 Å². The van der Waals surface area contributed by atoms with Crippen LogP contribution in [0.5, 0.6) is 0 Å². The Balaban J connectivity index is 2.48. The van der Waals surface area contributed by atoms with Crippen LogP contribution in [0, 0.1) is 5.92 Å². The first-order chi connectivity index (χ1) is 10.4. The molecule has 6 nitrogen and oxygen atoms in total. The van der Waals surface area contributed by atoms with Gasteiger partial charge in [0.25, 0.3) is 0 Å². The van der Waals surface area contributed by atoms with E-state index in [1.807, 2.05) is 13.8 Å². The van der Waals surface area contributed by atoms with Crippen molar-refractivity contribution in [3.63, 3.8) is 0 Å². The van der Waals surface area contributed by atoms with E-state index in [0.717, 1.165) is 6.42 Å². The molecule has 1 aromatic rings. The second kappa shape index (κ2) is 8.81. The third-order valence-corrected chi connectivity index (χ3v) is 3.08. The molecule has 1 atom stereocenters. The number of carboxylic acid groups (broad SMARTS) is 1. The van der Waals surface area contributed by atoms with Crippen LogP contribution < -0.4 is 10.6 Å². The Morgan fingerprint density at radius 2 is 1.73 bits per heavy atom. The minimum absolute atomic E-state index is 0.213. The van der Waals surface area contributed by atoms with Gasteiger partial charge in [-0.05, 0) is 17.9 Å². The van der Waals surface area contributed by atoms with Gasteiger partial charge in [-0.2, -0.15) is 0 Å². The van der Waals surface area contributed by atoms with Crippen molar-refractivity contribution >= 4 is 17.8 Å². The van der Waals surface area contributed by atoms with Crippen LogP contribution in [-0.2, 0) is 14.4 Å². The van der Waals surface area contributed by atoms with E-state index in [9.17, 15) is 19.5 Å². The maximum atomic E-state index is 11.8. The summed E-state index contributed by atoms with van der Waals surface area (Å²) in [5, 5.41) is 14.1. The third kappa shape index (κ3) is 6.39. The SMILES string of the molecule is CC(C)CCC(=O)NCC(=O)NC(C(=O)O)c1ccccc1. The molecule has 0 bridgehead atoms. The number of aliphatic carboxylic acids is 1. The standard InChI is InChI=1S/C16H22N2O4/c1-11(2)8-9-13(19)17-10-14(20)18-15(16(21)22)12-6-4-3-5-7-12/h3-7,11,15H,8-10H2,1-2H3,(H,17,19)(H,18,20)(H,21,22). The van der Waals surface area contributed by atoms with E-state index in [0.29, 0.717) is 17.9 Å². The van der Waals surface area contributed by atoms with Gasteiger partial charge in [-0.15, -0.1) is 0 Å². The molecule has 3 N–H and O–H groups in total. The summed E-state index contributed by atoms with van der Waals surface area (Å²) in [6, 6.07) is 7.29. The summed E-state index contributed by atoms with van der Waals surface area (Å²) in [4.78, 5) is 34.6. The quantitative estimate of drug-likeness (QED) is 0.678. The van der Waals surface area contributed by atoms with Gasteiger partial charge >= 0.3 is 5.97 Å². The molecular weight excluding hydrogens is 284 g/mol. The molecule has 0 saturated carbocycles. The van der Waals surface area contributed by atoms with Crippen molar-refractivity contribution in [2.75, 3.05) is 6.54 Å². The van der Waals surface area contributed by atoms with Crippen LogP contribution in [0.2, 0.25) is 0 Å². The number of amides is 2. The molecule has 1 unspecified atom stereocenters. The van der Waals surface area contributed by atoms with Crippen LogP contribution >= 0.6 is 0 Å². The summed E-state index contributed by atoms with van der Waals surface area (Å²) >= 11 is 0. The Morgan fingerprint density at radius 1 is 1.09 bits per heavy atom. The highest BCUT2D eigenvalue weighted by Gasteiger charge is 2.21. The minimum atomic E-state index is -1.15. The van der Waals surface area contributed by atoms with Crippen molar-refractivity contribution in [2.24, 2.45) is 5.92 Å². The molecule has 0 aliphatic heterocycles. The molecule has 6 heteroatoms. The highest BCUT2D eigenvalue weighted by atomic mass is 16.4. The van der Waals surface area contributed by atoms with E-state index in [-0.39, 0.29) is 12.5 Å². The number of carbonyl (C=O) groups excluding carboxylic acids is 2. The summed E-state index contributed by atoms with van der Waals surface area (Å²) in [5.41, 5.74) is 0.481. The second-order valence-corrected chi connectivity index (χ2v) is 5.46. The molecule has 1 aromatic carbocycles. The smallest absolute Gasteiger partial charge is 0.330 e. The monoisotopic (exact) mass is 306 g/mol. The van der Waals surface area contributed by atoms with Crippen molar-refractivity contribution in [1.29, 1.82) is 0 Å². The average molecular weight is 306 g/mol. The molecule has 0 fully saturated rings. The summed E-state index contributed by atoms with van der Waals surface area (Å²) in [5.74, 6) is -1.48. The molecule has 120 valence electrons. The van der Waals surface area contributed by atoms with Gasteiger partial charge in [0.2, 0.25) is 11.8 Å². The van der Waals surface area contributed by atoms with E-state index < -0.39 is 17.9 Å². The fourth-order valence-corrected chi connectivity index (χ4v) is 1.83. The molecule has 22 heavy (non-hydrogen) atoms. The van der Waals surface area contributed by atoms with Crippen molar-refractivity contribution in [2.45, 2.75) is 32.7 Å². The molecule has 0 radical (unpaired) electrons. The van der Waals surface area contributed by atoms with Gasteiger partial charge in [-0.25, -0.2) is 4.79 Å². The molecule has 0 heterocycles. The lowest BCUT2D eigenvalue weighted by Gasteiger charge is -2.15. The van der Waals surface area contributed by atoms with E-state index in [2.05, 4.69) is 10.6 Å². The first kappa shape index (κ1) is 17.7. The zero-order valence-corrected chi connectivity index (χ0v) is 12.8. The number of carboxylic acids is 1. The highest BCUT2D eigenvalue weighted by molar-refractivity contribution is 5.88. The maximum Gasteiger partial charge on any atom is 0.330 e. The van der Waals surface area contributed by atoms with E-state index in [4.69, 9.17) is 0 Å². The van der Waals surface area contributed by atoms with Crippen molar-refractivity contribution < 1.29 is 19.5 Å². The van der Waals surface area contributed by atoms with Crippen LogP contribution in [0.3, 0.4) is 0 Å². The molecule has 0 saturated heterocycles. The highest BCUT2D eigenvalue weighted by Crippen LogP contribution is 2.12. The van der Waals surface area contributed by atoms with E-state index in [1.54, 1.807) is 30.3 Å². The molecular formula is C16H22N2O4. The fourth-order valence-electron chi connectivity index (χ4n) is 1.83. The van der Waals surface area contributed by atoms with Crippen molar-refractivity contribution in [1.82, 2.24) is 10.6 Å². The van der Waals surface area contributed by atoms with Gasteiger partial charge in [-0.3, -0.25) is 9.59 Å². The number of benzene rings is 1. The Kier molecular flexibility index (Phi) is 7.08. The van der Waals surface area contributed by atoms with Crippen LogP contribution in [0.25, 0.3) is 0 Å². The van der Waals surface area contributed by atoms with Gasteiger partial charge in [0.05, 0.1) is 6.54 Å². The normalized spacial score (nSPS) is 11.8. The predicted molar refractivity (Wildman–Crippen MR) is 82.0 cm³/mol. The lowest BCUT2D eigenvalue weighted by atomic mass is 10.1. The van der Waals surface area contributed by atoms with Gasteiger partial charge in [0.15, 0.2) is 6.04 Å². The molecule has 0 spiro atoms. The first-order valence-electron chi connectivity index (χ1n) is 7.24. The predicted octanol–water partition coefficient (Wildman–Crippen LogP) is 1.48. The molecule has 1 rings (SSSR count). The Hall–Kier alpha value is -2.37. The van der Waals surface area contributed by atoms with E-state index >= 15 is 0 Å². The minimum Gasteiger partial charge on any atom is -0.479 e. The van der Waals surface area contributed by atoms with Crippen molar-refractivity contribution in [3.8, 4) is 0 Å². The molecule has 2 amide bonds. The van der Waals surface area contributed by atoms with Gasteiger partial charge in [0, 0.05) is 6.42 Å². The number of nitrogens with one attached hydrogen (secondary N) is 2. The third-order valence-electron chi connectivity index (χ3n) is 3.08. The summed E-state index contributed by atoms with van der Waals surface area (Å²) in [7, 11) is 0. The van der Waals surface area contributed by atoms with Crippen LogP contribution in [0.15, 0.2) is 30.3 Å². The summed E-state index contributed by atoms with van der Waals surface area (Å²) < 4.78 is 0. The molecule has 0 aliphatic carbocycles. The molecule has 0 aromatic heterocycles. The number of carbonyl (C=O) groups is 3. The molecule has 0 aliphatic rings. The van der Waals surface area contributed by atoms with Crippen LogP contribution in [0.4, 0.5) is 0 Å². The lowest BCUT2D eigenvalue weighted by Crippen LogP contribution is -2.41. The maximum absolute atomic E-state index is 11.8. The average Bonchev–Trinajstić information content (AvgIpc) is 2.49. The first-order valence-corrected chi connectivity index (χ1v) is 7.24. The van der Waals surface area contributed by atoms with Gasteiger partial charge < -0.3 is 15.7 Å². The number of rotatable bonds is 8. The Labute approximate surface area is 129 Å². The largest absolute Gasteiger partial charge is 0.479 e. The van der Waals surface area contributed by atoms with Gasteiger partial charge in [-0.1, -0.05) is 44.2 Å². The number of hydrogen-bond donors (Lipinski definition) is 3. The lowest BCUT2D eigenvalue weighted by molar-refractivity contribution is -0.141. The second-order valence-electron chi connectivity index (χ2n) is 5.46. The Bertz CT molecular complexity index is 514. The zero-order chi connectivity index (χ0) is 16.5.